The van der Waals surface area contributed by atoms with Crippen LogP contribution in [0.25, 0.3) is 0 Å². The molecule has 0 radical (unpaired) electrons. The Morgan fingerprint density at radius 3 is 2.69 bits per heavy atom. The monoisotopic (exact) mass is 182 g/mol. The molecule has 0 N–H and O–H groups in total. The summed E-state index contributed by atoms with van der Waals surface area (Å²) in [6.45, 7) is 4.03. The van der Waals surface area contributed by atoms with E-state index in [0.717, 1.165) is 18.6 Å². The predicted octanol–water partition coefficient (Wildman–Crippen LogP) is 3.03. The minimum absolute atomic E-state index is 0.0388. The lowest BCUT2D eigenvalue weighted by atomic mass is 10.0. The molecule has 2 heteroatoms. The molecule has 0 fully saturated rings. The highest BCUT2D eigenvalue weighted by molar-refractivity contribution is 5.78. The molecule has 1 aliphatic heterocycles. The Morgan fingerprint density at radius 2 is 2.15 bits per heavy atom. The summed E-state index contributed by atoms with van der Waals surface area (Å²) >= 11 is 0. The lowest BCUT2D eigenvalue weighted by Gasteiger charge is -2.03. The topological polar surface area (TPSA) is 26.3 Å². The van der Waals surface area contributed by atoms with Crippen molar-refractivity contribution in [1.82, 2.24) is 0 Å². The third kappa shape index (κ3) is 3.21. The molecule has 1 unspecified atom stereocenters. The maximum absolute atomic E-state index is 11.2. The van der Waals surface area contributed by atoms with Crippen LogP contribution in [0.15, 0.2) is 11.8 Å². The van der Waals surface area contributed by atoms with Crippen molar-refractivity contribution in [3.05, 3.63) is 11.8 Å². The Labute approximate surface area is 80.0 Å². The Hall–Kier alpha value is -0.790. The fraction of sp³-hybridized carbons (Fsp3) is 0.727. The first-order valence-electron chi connectivity index (χ1n) is 5.14. The van der Waals surface area contributed by atoms with Gasteiger partial charge in [-0.15, -0.1) is 0 Å². The molecule has 1 atom stereocenters. The van der Waals surface area contributed by atoms with Crippen LogP contribution in [0.5, 0.6) is 0 Å². The number of unbranched alkanes of at least 4 members (excludes halogenated alkanes) is 3. The highest BCUT2D eigenvalue weighted by Gasteiger charge is 2.23. The number of hydrogen-bond donors (Lipinski definition) is 0. The number of rotatable bonds is 5. The van der Waals surface area contributed by atoms with E-state index in [0.29, 0.717) is 0 Å². The van der Waals surface area contributed by atoms with Gasteiger partial charge in [-0.25, -0.2) is 0 Å². The van der Waals surface area contributed by atoms with Crippen LogP contribution in [-0.4, -0.2) is 5.97 Å². The molecule has 1 heterocycles. The Morgan fingerprint density at radius 1 is 1.38 bits per heavy atom. The van der Waals surface area contributed by atoms with E-state index in [2.05, 4.69) is 6.92 Å². The van der Waals surface area contributed by atoms with Gasteiger partial charge in [0.15, 0.2) is 0 Å². The van der Waals surface area contributed by atoms with Crippen molar-refractivity contribution < 1.29 is 9.53 Å². The first-order valence-corrected chi connectivity index (χ1v) is 5.14. The molecule has 0 saturated heterocycles. The molecule has 1 rings (SSSR count). The van der Waals surface area contributed by atoms with E-state index in [1.165, 1.54) is 19.3 Å². The fourth-order valence-corrected chi connectivity index (χ4v) is 1.61. The van der Waals surface area contributed by atoms with Gasteiger partial charge in [-0.2, -0.15) is 0 Å². The summed E-state index contributed by atoms with van der Waals surface area (Å²) in [6, 6.07) is 0. The quantitative estimate of drug-likeness (QED) is 0.482. The molecule has 0 aliphatic carbocycles. The number of esters is 1. The van der Waals surface area contributed by atoms with Gasteiger partial charge in [0.25, 0.3) is 0 Å². The molecule has 74 valence electrons. The van der Waals surface area contributed by atoms with Gasteiger partial charge in [0, 0.05) is 0 Å². The maximum atomic E-state index is 11.2. The minimum atomic E-state index is -0.0611. The maximum Gasteiger partial charge on any atom is 0.317 e. The van der Waals surface area contributed by atoms with Gasteiger partial charge < -0.3 is 4.74 Å². The van der Waals surface area contributed by atoms with E-state index < -0.39 is 0 Å². The van der Waals surface area contributed by atoms with Gasteiger partial charge in [-0.1, -0.05) is 32.6 Å². The van der Waals surface area contributed by atoms with Crippen molar-refractivity contribution in [2.45, 2.75) is 46.0 Å². The predicted molar refractivity (Wildman–Crippen MR) is 52.1 cm³/mol. The normalized spacial score (nSPS) is 21.5. The van der Waals surface area contributed by atoms with Gasteiger partial charge in [0.1, 0.15) is 5.76 Å². The van der Waals surface area contributed by atoms with Crippen molar-refractivity contribution in [3.63, 3.8) is 0 Å². The largest absolute Gasteiger partial charge is 0.431 e. The zero-order valence-electron chi connectivity index (χ0n) is 8.51. The third-order valence-electron chi connectivity index (χ3n) is 2.37. The Balaban J connectivity index is 2.18. The van der Waals surface area contributed by atoms with Crippen LogP contribution in [0.2, 0.25) is 0 Å². The molecule has 0 bridgehead atoms. The van der Waals surface area contributed by atoms with Crippen LogP contribution in [0.4, 0.5) is 0 Å². The molecule has 0 spiro atoms. The van der Waals surface area contributed by atoms with Gasteiger partial charge in [0.05, 0.1) is 5.92 Å². The van der Waals surface area contributed by atoms with Gasteiger partial charge in [-0.05, 0) is 19.4 Å². The number of carbonyl (C=O) groups is 1. The molecular formula is C11H18O2. The molecule has 2 nitrogen and oxygen atoms in total. The second-order valence-corrected chi connectivity index (χ2v) is 3.65. The van der Waals surface area contributed by atoms with E-state index >= 15 is 0 Å². The number of ether oxygens (including phenoxy) is 1. The fourth-order valence-electron chi connectivity index (χ4n) is 1.61. The van der Waals surface area contributed by atoms with Gasteiger partial charge in [0.2, 0.25) is 0 Å². The van der Waals surface area contributed by atoms with Crippen molar-refractivity contribution in [3.8, 4) is 0 Å². The standard InChI is InChI=1S/C11H18O2/c1-3-4-5-6-7-10-8-9(2)13-11(10)12/h8,10H,3-7H2,1-2H3. The van der Waals surface area contributed by atoms with Crippen LogP contribution in [0, 0.1) is 5.92 Å². The molecule has 0 aromatic heterocycles. The summed E-state index contributed by atoms with van der Waals surface area (Å²) < 4.78 is 4.95. The molecule has 0 saturated carbocycles. The van der Waals surface area contributed by atoms with Gasteiger partial charge >= 0.3 is 5.97 Å². The molecule has 0 aromatic rings. The first-order chi connectivity index (χ1) is 6.24. The van der Waals surface area contributed by atoms with Crippen molar-refractivity contribution in [2.24, 2.45) is 5.92 Å². The first kappa shape index (κ1) is 10.3. The smallest absolute Gasteiger partial charge is 0.317 e. The highest BCUT2D eigenvalue weighted by Crippen LogP contribution is 2.22. The molecule has 0 amide bonds. The second-order valence-electron chi connectivity index (χ2n) is 3.65. The zero-order chi connectivity index (χ0) is 9.68. The Bertz CT molecular complexity index is 206. The van der Waals surface area contributed by atoms with Crippen LogP contribution >= 0.6 is 0 Å². The van der Waals surface area contributed by atoms with Gasteiger partial charge in [-0.3, -0.25) is 4.79 Å². The minimum Gasteiger partial charge on any atom is -0.431 e. The van der Waals surface area contributed by atoms with Crippen LogP contribution in [0.1, 0.15) is 46.0 Å². The van der Waals surface area contributed by atoms with E-state index in [-0.39, 0.29) is 11.9 Å². The van der Waals surface area contributed by atoms with E-state index in [1.807, 2.05) is 13.0 Å². The summed E-state index contributed by atoms with van der Waals surface area (Å²) in [4.78, 5) is 11.2. The average molecular weight is 182 g/mol. The summed E-state index contributed by atoms with van der Waals surface area (Å²) in [5.74, 6) is 0.747. The summed E-state index contributed by atoms with van der Waals surface area (Å²) in [6.07, 6.45) is 7.77. The molecule has 13 heavy (non-hydrogen) atoms. The number of cyclic esters (lactones) is 1. The summed E-state index contributed by atoms with van der Waals surface area (Å²) in [7, 11) is 0. The lowest BCUT2D eigenvalue weighted by Crippen LogP contribution is -2.07. The summed E-state index contributed by atoms with van der Waals surface area (Å²) in [5.41, 5.74) is 0. The second kappa shape index (κ2) is 5.05. The number of carbonyl (C=O) groups excluding carboxylic acids is 1. The molecular weight excluding hydrogens is 164 g/mol. The van der Waals surface area contributed by atoms with Crippen molar-refractivity contribution >= 4 is 5.97 Å². The van der Waals surface area contributed by atoms with Crippen LogP contribution in [0.3, 0.4) is 0 Å². The average Bonchev–Trinajstić information content (AvgIpc) is 2.39. The molecule has 0 aromatic carbocycles. The highest BCUT2D eigenvalue weighted by atomic mass is 16.5. The summed E-state index contributed by atoms with van der Waals surface area (Å²) in [5, 5.41) is 0. The number of allylic oxidation sites excluding steroid dienone is 1. The van der Waals surface area contributed by atoms with E-state index in [4.69, 9.17) is 4.74 Å². The zero-order valence-corrected chi connectivity index (χ0v) is 8.51. The molecule has 1 aliphatic rings. The Kier molecular flexibility index (Phi) is 4.00. The van der Waals surface area contributed by atoms with Crippen molar-refractivity contribution in [2.75, 3.05) is 0 Å². The van der Waals surface area contributed by atoms with Crippen LogP contribution in [-0.2, 0) is 9.53 Å². The van der Waals surface area contributed by atoms with Crippen LogP contribution < -0.4 is 0 Å². The third-order valence-corrected chi connectivity index (χ3v) is 2.37. The SMILES string of the molecule is CCCCCCC1C=C(C)OC1=O. The lowest BCUT2D eigenvalue weighted by molar-refractivity contribution is -0.140. The van der Waals surface area contributed by atoms with E-state index in [1.54, 1.807) is 0 Å². The number of hydrogen-bond acceptors (Lipinski definition) is 2. The van der Waals surface area contributed by atoms with Crippen molar-refractivity contribution in [1.29, 1.82) is 0 Å². The van der Waals surface area contributed by atoms with E-state index in [9.17, 15) is 4.79 Å².